The third kappa shape index (κ3) is 4.57. The van der Waals surface area contributed by atoms with Crippen molar-refractivity contribution in [2.45, 2.75) is 0 Å². The number of fused-ring (bicyclic) bond motifs is 11. The van der Waals surface area contributed by atoms with Crippen molar-refractivity contribution < 1.29 is 4.42 Å². The largest absolute Gasteiger partial charge is 0.456 e. The molecule has 0 aliphatic rings. The third-order valence-electron chi connectivity index (χ3n) is 11.0. The Hall–Kier alpha value is -7.08. The minimum atomic E-state index is 0.685. The van der Waals surface area contributed by atoms with Gasteiger partial charge in [-0.2, -0.15) is 0 Å². The number of benzene rings is 8. The van der Waals surface area contributed by atoms with Gasteiger partial charge < -0.3 is 8.98 Å². The molecule has 0 fully saturated rings. The number of thiophene rings is 1. The lowest BCUT2D eigenvalue weighted by atomic mass is 10.0. The van der Waals surface area contributed by atoms with E-state index in [1.165, 1.54) is 48.4 Å². The molecule has 0 unspecified atom stereocenters. The van der Waals surface area contributed by atoms with Crippen molar-refractivity contribution in [1.82, 2.24) is 14.5 Å². The molecule has 12 aromatic rings. The van der Waals surface area contributed by atoms with E-state index in [4.69, 9.17) is 14.4 Å². The fourth-order valence-electron chi connectivity index (χ4n) is 8.52. The summed E-state index contributed by atoms with van der Waals surface area (Å²) in [6.07, 6.45) is 0. The maximum absolute atomic E-state index is 6.69. The second kappa shape index (κ2) is 11.7. The summed E-state index contributed by atoms with van der Waals surface area (Å²) in [6.45, 7) is 0. The van der Waals surface area contributed by atoms with Crippen LogP contribution in [0.15, 0.2) is 180 Å². The summed E-state index contributed by atoms with van der Waals surface area (Å²) in [7, 11) is 0. The van der Waals surface area contributed by atoms with Gasteiger partial charge in [0, 0.05) is 54.5 Å². The molecule has 0 radical (unpaired) electrons. The predicted octanol–water partition coefficient (Wildman–Crippen LogP) is 14.0. The fourth-order valence-corrected chi connectivity index (χ4v) is 9.67. The average Bonchev–Trinajstić information content (AvgIpc) is 3.93. The molecule has 8 aromatic carbocycles. The summed E-state index contributed by atoms with van der Waals surface area (Å²) >= 11 is 1.75. The van der Waals surface area contributed by atoms with E-state index in [9.17, 15) is 0 Å². The van der Waals surface area contributed by atoms with Gasteiger partial charge in [0.1, 0.15) is 11.2 Å². The quantitative estimate of drug-likeness (QED) is 0.182. The minimum absolute atomic E-state index is 0.685. The summed E-state index contributed by atoms with van der Waals surface area (Å²) in [5, 5.41) is 8.18. The van der Waals surface area contributed by atoms with Crippen molar-refractivity contribution >= 4 is 86.2 Å². The molecule has 55 heavy (non-hydrogen) atoms. The van der Waals surface area contributed by atoms with E-state index in [0.717, 1.165) is 60.0 Å². The number of rotatable bonds is 4. The summed E-state index contributed by atoms with van der Waals surface area (Å²) in [6, 6.07) is 62.4. The van der Waals surface area contributed by atoms with Crippen LogP contribution in [0.1, 0.15) is 0 Å². The molecule has 0 amide bonds. The van der Waals surface area contributed by atoms with Gasteiger partial charge in [-0.1, -0.05) is 133 Å². The molecule has 0 bridgehead atoms. The molecule has 5 heteroatoms. The maximum Gasteiger partial charge on any atom is 0.161 e. The SMILES string of the molecule is c1ccc(-c2ccc(-c3nc(-c4cccc5oc6cc(-n7c8ccccc8c8c9ccccc9ccc87)ccc6c45)nc4c3sc3ccccc34)cc2)cc1. The molecular formula is C50H29N3OS. The van der Waals surface area contributed by atoms with Gasteiger partial charge in [0.15, 0.2) is 5.82 Å². The monoisotopic (exact) mass is 719 g/mol. The number of nitrogens with zero attached hydrogens (tertiary/aromatic N) is 3. The predicted molar refractivity (Wildman–Crippen MR) is 230 cm³/mol. The third-order valence-corrected chi connectivity index (χ3v) is 12.2. The van der Waals surface area contributed by atoms with Crippen molar-refractivity contribution in [2.75, 3.05) is 0 Å². The minimum Gasteiger partial charge on any atom is -0.456 e. The van der Waals surface area contributed by atoms with Crippen LogP contribution < -0.4 is 0 Å². The first-order valence-electron chi connectivity index (χ1n) is 18.5. The first-order chi connectivity index (χ1) is 27.3. The van der Waals surface area contributed by atoms with Gasteiger partial charge in [0.05, 0.1) is 26.9 Å². The Morgan fingerprint density at radius 2 is 1.22 bits per heavy atom. The van der Waals surface area contributed by atoms with Crippen LogP contribution in [0.5, 0.6) is 0 Å². The Bertz CT molecular complexity index is 3480. The molecular weight excluding hydrogens is 691 g/mol. The Morgan fingerprint density at radius 3 is 2.11 bits per heavy atom. The van der Waals surface area contributed by atoms with Crippen LogP contribution in [-0.2, 0) is 0 Å². The van der Waals surface area contributed by atoms with Crippen molar-refractivity contribution in [1.29, 1.82) is 0 Å². The van der Waals surface area contributed by atoms with Crippen LogP contribution in [0.3, 0.4) is 0 Å². The number of hydrogen-bond donors (Lipinski definition) is 0. The van der Waals surface area contributed by atoms with Crippen LogP contribution in [0.25, 0.3) is 114 Å². The number of furan rings is 1. The van der Waals surface area contributed by atoms with Crippen LogP contribution in [0.2, 0.25) is 0 Å². The number of hydrogen-bond acceptors (Lipinski definition) is 4. The van der Waals surface area contributed by atoms with Crippen molar-refractivity contribution in [3.63, 3.8) is 0 Å². The smallest absolute Gasteiger partial charge is 0.161 e. The molecule has 12 rings (SSSR count). The molecule has 0 aliphatic heterocycles. The second-order valence-electron chi connectivity index (χ2n) is 14.1. The van der Waals surface area contributed by atoms with E-state index in [1.807, 2.05) is 12.1 Å². The molecule has 4 nitrogen and oxygen atoms in total. The van der Waals surface area contributed by atoms with Crippen LogP contribution in [0.4, 0.5) is 0 Å². The van der Waals surface area contributed by atoms with Gasteiger partial charge in [-0.15, -0.1) is 11.3 Å². The second-order valence-corrected chi connectivity index (χ2v) is 15.2. The first-order valence-corrected chi connectivity index (χ1v) is 19.3. The Morgan fingerprint density at radius 1 is 0.473 bits per heavy atom. The van der Waals surface area contributed by atoms with Crippen molar-refractivity contribution in [3.05, 3.63) is 176 Å². The highest BCUT2D eigenvalue weighted by Gasteiger charge is 2.21. The summed E-state index contributed by atoms with van der Waals surface area (Å²) in [4.78, 5) is 10.7. The Balaban J connectivity index is 1.06. The van der Waals surface area contributed by atoms with Crippen LogP contribution >= 0.6 is 11.3 Å². The zero-order chi connectivity index (χ0) is 36.0. The topological polar surface area (TPSA) is 43.9 Å². The van der Waals surface area contributed by atoms with Crippen molar-refractivity contribution in [2.24, 2.45) is 0 Å². The van der Waals surface area contributed by atoms with Gasteiger partial charge in [-0.05, 0) is 58.3 Å². The molecule has 0 saturated heterocycles. The molecule has 0 saturated carbocycles. The zero-order valence-corrected chi connectivity index (χ0v) is 30.2. The average molecular weight is 720 g/mol. The molecule has 0 spiro atoms. The van der Waals surface area contributed by atoms with Crippen molar-refractivity contribution in [3.8, 4) is 39.5 Å². The summed E-state index contributed by atoms with van der Waals surface area (Å²) in [5.74, 6) is 0.685. The molecule has 0 atom stereocenters. The standard InChI is InChI=1S/C50H29N3OS/c1-2-11-30(12-3-1)31-21-23-33(24-22-31)47-49-48(38-16-7-9-20-44(38)55-49)52-50(51-47)39-17-10-19-42-46(39)37-27-26-34(29-43(37)54-42)53-40-18-8-6-15-36(40)45-35-14-5-4-13-32(35)25-28-41(45)53/h1-29H. The molecule has 0 N–H and O–H groups in total. The lowest BCUT2D eigenvalue weighted by Gasteiger charge is -2.10. The van der Waals surface area contributed by atoms with Gasteiger partial charge in [-0.3, -0.25) is 0 Å². The van der Waals surface area contributed by atoms with E-state index in [0.29, 0.717) is 5.82 Å². The van der Waals surface area contributed by atoms with Gasteiger partial charge in [0.2, 0.25) is 0 Å². The van der Waals surface area contributed by atoms with E-state index < -0.39 is 0 Å². The fraction of sp³-hybridized carbons (Fsp3) is 0. The highest BCUT2D eigenvalue weighted by Crippen LogP contribution is 2.43. The highest BCUT2D eigenvalue weighted by molar-refractivity contribution is 7.26. The van der Waals surface area contributed by atoms with E-state index in [2.05, 4.69) is 168 Å². The normalized spacial score (nSPS) is 12.0. The Kier molecular flexibility index (Phi) is 6.47. The van der Waals surface area contributed by atoms with Gasteiger partial charge in [0.25, 0.3) is 0 Å². The van der Waals surface area contributed by atoms with E-state index >= 15 is 0 Å². The summed E-state index contributed by atoms with van der Waals surface area (Å²) in [5.41, 5.74) is 11.3. The molecule has 4 heterocycles. The van der Waals surface area contributed by atoms with Gasteiger partial charge in [-0.25, -0.2) is 9.97 Å². The first kappa shape index (κ1) is 30.4. The highest BCUT2D eigenvalue weighted by atomic mass is 32.1. The zero-order valence-electron chi connectivity index (χ0n) is 29.4. The lowest BCUT2D eigenvalue weighted by Crippen LogP contribution is -1.94. The maximum atomic E-state index is 6.69. The Labute approximate surface area is 319 Å². The summed E-state index contributed by atoms with van der Waals surface area (Å²) < 4.78 is 11.3. The van der Waals surface area contributed by atoms with E-state index in [1.54, 1.807) is 11.3 Å². The number of para-hydroxylation sites is 1. The molecule has 256 valence electrons. The molecule has 4 aromatic heterocycles. The lowest BCUT2D eigenvalue weighted by molar-refractivity contribution is 0.668. The van der Waals surface area contributed by atoms with Crippen LogP contribution in [-0.4, -0.2) is 14.5 Å². The van der Waals surface area contributed by atoms with Gasteiger partial charge >= 0.3 is 0 Å². The number of aromatic nitrogens is 3. The van der Waals surface area contributed by atoms with Crippen LogP contribution in [0, 0.1) is 0 Å². The van der Waals surface area contributed by atoms with E-state index in [-0.39, 0.29) is 0 Å². The molecule has 0 aliphatic carbocycles.